The fraction of sp³-hybridized carbons (Fsp3) is 0.476. The summed E-state index contributed by atoms with van der Waals surface area (Å²) in [6.45, 7) is 4.94. The number of hydrogen-bond donors (Lipinski definition) is 4. The number of amides is 3. The van der Waals surface area contributed by atoms with Gasteiger partial charge < -0.3 is 25.9 Å². The van der Waals surface area contributed by atoms with Crippen molar-refractivity contribution in [3.8, 4) is 0 Å². The number of aldehydes is 1. The second kappa shape index (κ2) is 12.4. The molecule has 9 nitrogen and oxygen atoms in total. The zero-order chi connectivity index (χ0) is 22.7. The summed E-state index contributed by atoms with van der Waals surface area (Å²) >= 11 is 0. The highest BCUT2D eigenvalue weighted by Crippen LogP contribution is 2.06. The first-order valence-electron chi connectivity index (χ1n) is 9.75. The molecule has 0 aliphatic heterocycles. The van der Waals surface area contributed by atoms with Gasteiger partial charge in [0.2, 0.25) is 17.7 Å². The van der Waals surface area contributed by atoms with Crippen LogP contribution in [-0.2, 0) is 30.4 Å². The minimum absolute atomic E-state index is 0.215. The number of rotatable bonds is 12. The Morgan fingerprint density at radius 1 is 0.967 bits per heavy atom. The molecule has 1 unspecified atom stereocenters. The van der Waals surface area contributed by atoms with Crippen LogP contribution in [0.25, 0.3) is 0 Å². The lowest BCUT2D eigenvalue weighted by Gasteiger charge is -2.24. The molecule has 0 saturated carbocycles. The molecule has 0 aliphatic carbocycles. The minimum Gasteiger partial charge on any atom is -0.481 e. The van der Waals surface area contributed by atoms with E-state index in [1.807, 2.05) is 30.3 Å². The molecule has 0 aliphatic rings. The third-order valence-electron chi connectivity index (χ3n) is 4.39. The van der Waals surface area contributed by atoms with Crippen LogP contribution < -0.4 is 16.0 Å². The molecule has 9 heteroatoms. The van der Waals surface area contributed by atoms with Crippen LogP contribution in [0.15, 0.2) is 30.3 Å². The summed E-state index contributed by atoms with van der Waals surface area (Å²) in [4.78, 5) is 58.6. The number of benzene rings is 1. The number of carboxylic acid groups (broad SMARTS) is 1. The maximum Gasteiger partial charge on any atom is 0.305 e. The topological polar surface area (TPSA) is 142 Å². The van der Waals surface area contributed by atoms with E-state index in [2.05, 4.69) is 16.0 Å². The van der Waals surface area contributed by atoms with E-state index >= 15 is 0 Å². The van der Waals surface area contributed by atoms with Gasteiger partial charge in [-0.1, -0.05) is 44.2 Å². The van der Waals surface area contributed by atoms with Gasteiger partial charge in [0.25, 0.3) is 0 Å². The summed E-state index contributed by atoms with van der Waals surface area (Å²) in [6.07, 6.45) is 0.522. The molecule has 1 rings (SSSR count). The van der Waals surface area contributed by atoms with E-state index in [1.165, 1.54) is 6.92 Å². The van der Waals surface area contributed by atoms with Crippen LogP contribution in [0, 0.1) is 5.92 Å². The van der Waals surface area contributed by atoms with Gasteiger partial charge in [-0.15, -0.1) is 0 Å². The van der Waals surface area contributed by atoms with Gasteiger partial charge >= 0.3 is 5.97 Å². The lowest BCUT2D eigenvalue weighted by molar-refractivity contribution is -0.139. The number of aliphatic carboxylic acids is 1. The van der Waals surface area contributed by atoms with Crippen LogP contribution in [0.4, 0.5) is 0 Å². The van der Waals surface area contributed by atoms with E-state index in [9.17, 15) is 24.0 Å². The summed E-state index contributed by atoms with van der Waals surface area (Å²) in [6, 6.07) is 6.44. The minimum atomic E-state index is -1.23. The molecular weight excluding hydrogens is 390 g/mol. The molecule has 0 bridgehead atoms. The Morgan fingerprint density at radius 2 is 1.60 bits per heavy atom. The Bertz CT molecular complexity index is 750. The summed E-state index contributed by atoms with van der Waals surface area (Å²) in [5.74, 6) is -2.98. The highest BCUT2D eigenvalue weighted by molar-refractivity contribution is 5.93. The van der Waals surface area contributed by atoms with Gasteiger partial charge in [-0.2, -0.15) is 0 Å². The molecule has 1 aromatic rings. The highest BCUT2D eigenvalue weighted by Gasteiger charge is 2.27. The van der Waals surface area contributed by atoms with Crippen molar-refractivity contribution in [3.05, 3.63) is 35.9 Å². The van der Waals surface area contributed by atoms with Crippen molar-refractivity contribution in [3.63, 3.8) is 0 Å². The number of carbonyl (C=O) groups is 5. The number of aryl methyl sites for hydroxylation is 1. The van der Waals surface area contributed by atoms with Crippen molar-refractivity contribution in [1.29, 1.82) is 0 Å². The first-order chi connectivity index (χ1) is 14.1. The standard InChI is InChI=1S/C21H29N3O6/c1-13(2)19(24-17(26)10-9-15-7-5-4-6-8-15)21(30)22-14(3)20(29)23-16(12-25)11-18(27)28/h4-8,12-14,16,19H,9-11H2,1-3H3,(H,22,30)(H,23,29)(H,24,26)(H,27,28)/t14-,16?,19-/m0/s1. The van der Waals surface area contributed by atoms with Crippen LogP contribution in [0.5, 0.6) is 0 Å². The average molecular weight is 419 g/mol. The first-order valence-corrected chi connectivity index (χ1v) is 9.75. The second-order valence-corrected chi connectivity index (χ2v) is 7.35. The largest absolute Gasteiger partial charge is 0.481 e. The van der Waals surface area contributed by atoms with Crippen molar-refractivity contribution in [2.45, 2.75) is 58.2 Å². The van der Waals surface area contributed by atoms with Gasteiger partial charge in [-0.05, 0) is 24.8 Å². The van der Waals surface area contributed by atoms with Crippen LogP contribution in [0.2, 0.25) is 0 Å². The molecule has 0 aromatic heterocycles. The molecule has 30 heavy (non-hydrogen) atoms. The van der Waals surface area contributed by atoms with Crippen molar-refractivity contribution in [2.24, 2.45) is 5.92 Å². The van der Waals surface area contributed by atoms with Crippen molar-refractivity contribution < 1.29 is 29.1 Å². The Hall–Kier alpha value is -3.23. The normalized spacial score (nSPS) is 13.6. The molecule has 0 spiro atoms. The molecule has 3 amide bonds. The van der Waals surface area contributed by atoms with Crippen LogP contribution in [0.1, 0.15) is 39.2 Å². The zero-order valence-electron chi connectivity index (χ0n) is 17.4. The Balaban J connectivity index is 2.60. The Kier molecular flexibility index (Phi) is 10.2. The molecule has 0 fully saturated rings. The Morgan fingerprint density at radius 3 is 2.13 bits per heavy atom. The second-order valence-electron chi connectivity index (χ2n) is 7.35. The van der Waals surface area contributed by atoms with E-state index in [4.69, 9.17) is 5.11 Å². The number of nitrogens with one attached hydrogen (secondary N) is 3. The summed E-state index contributed by atoms with van der Waals surface area (Å²) in [5, 5.41) is 16.2. The molecule has 0 radical (unpaired) electrons. The smallest absolute Gasteiger partial charge is 0.305 e. The lowest BCUT2D eigenvalue weighted by atomic mass is 10.0. The molecule has 4 N–H and O–H groups in total. The zero-order valence-corrected chi connectivity index (χ0v) is 17.4. The van der Waals surface area contributed by atoms with E-state index in [0.717, 1.165) is 5.56 Å². The van der Waals surface area contributed by atoms with Gasteiger partial charge in [0.05, 0.1) is 12.5 Å². The molecule has 0 heterocycles. The van der Waals surface area contributed by atoms with Gasteiger partial charge in [-0.25, -0.2) is 0 Å². The third-order valence-corrected chi connectivity index (χ3v) is 4.39. The molecule has 3 atom stereocenters. The van der Waals surface area contributed by atoms with Gasteiger partial charge in [0, 0.05) is 6.42 Å². The maximum absolute atomic E-state index is 12.6. The van der Waals surface area contributed by atoms with Crippen molar-refractivity contribution in [2.75, 3.05) is 0 Å². The highest BCUT2D eigenvalue weighted by atomic mass is 16.4. The SMILES string of the molecule is CC(C)[C@H](NC(=O)CCc1ccccc1)C(=O)N[C@@H](C)C(=O)NC(C=O)CC(=O)O. The predicted molar refractivity (Wildman–Crippen MR) is 109 cm³/mol. The predicted octanol–water partition coefficient (Wildman–Crippen LogP) is 0.423. The first kappa shape index (κ1) is 24.8. The number of carboxylic acids is 1. The fourth-order valence-corrected chi connectivity index (χ4v) is 2.68. The van der Waals surface area contributed by atoms with Crippen LogP contribution in [0.3, 0.4) is 0 Å². The summed E-state index contributed by atoms with van der Waals surface area (Å²) < 4.78 is 0. The third kappa shape index (κ3) is 8.85. The van der Waals surface area contributed by atoms with Gasteiger partial charge in [0.15, 0.2) is 0 Å². The van der Waals surface area contributed by atoms with Crippen molar-refractivity contribution in [1.82, 2.24) is 16.0 Å². The quantitative estimate of drug-likeness (QED) is 0.362. The Labute approximate surface area is 175 Å². The fourth-order valence-electron chi connectivity index (χ4n) is 2.68. The van der Waals surface area contributed by atoms with Crippen LogP contribution >= 0.6 is 0 Å². The van der Waals surface area contributed by atoms with E-state index in [-0.39, 0.29) is 18.2 Å². The van der Waals surface area contributed by atoms with E-state index in [0.29, 0.717) is 12.7 Å². The number of hydrogen-bond acceptors (Lipinski definition) is 5. The summed E-state index contributed by atoms with van der Waals surface area (Å²) in [5.41, 5.74) is 1.01. The lowest BCUT2D eigenvalue weighted by Crippen LogP contribution is -2.55. The molecule has 164 valence electrons. The average Bonchev–Trinajstić information content (AvgIpc) is 2.69. The molecule has 0 saturated heterocycles. The van der Waals surface area contributed by atoms with Crippen molar-refractivity contribution >= 4 is 30.0 Å². The van der Waals surface area contributed by atoms with E-state index in [1.54, 1.807) is 13.8 Å². The van der Waals surface area contributed by atoms with Crippen LogP contribution in [-0.4, -0.2) is 53.2 Å². The van der Waals surface area contributed by atoms with E-state index < -0.39 is 42.3 Å². The van der Waals surface area contributed by atoms with Gasteiger partial charge in [0.1, 0.15) is 18.4 Å². The summed E-state index contributed by atoms with van der Waals surface area (Å²) in [7, 11) is 0. The number of carbonyl (C=O) groups excluding carboxylic acids is 4. The van der Waals surface area contributed by atoms with Gasteiger partial charge in [-0.3, -0.25) is 19.2 Å². The monoisotopic (exact) mass is 419 g/mol. The maximum atomic E-state index is 12.6. The molecular formula is C21H29N3O6. The molecule has 1 aromatic carbocycles.